The molecule has 0 atom stereocenters. The minimum atomic E-state index is 0.559. The molecule has 2 nitrogen and oxygen atoms in total. The number of hydrogen-bond donors (Lipinski definition) is 2. The van der Waals surface area contributed by atoms with Crippen LogP contribution in [0.1, 0.15) is 6.92 Å². The minimum Gasteiger partial charge on any atom is -0.335 e. The van der Waals surface area contributed by atoms with E-state index in [9.17, 15) is 0 Å². The quantitative estimate of drug-likeness (QED) is 0.404. The van der Waals surface area contributed by atoms with Gasteiger partial charge in [-0.05, 0) is 13.0 Å². The van der Waals surface area contributed by atoms with E-state index in [1.807, 2.05) is 22.9 Å². The van der Waals surface area contributed by atoms with Crippen LogP contribution in [0, 0.1) is 5.41 Å². The Kier molecular flexibility index (Phi) is 4.07. The van der Waals surface area contributed by atoms with Crippen LogP contribution in [-0.4, -0.2) is 5.71 Å². The van der Waals surface area contributed by atoms with Crippen molar-refractivity contribution in [2.75, 3.05) is 0 Å². The highest BCUT2D eigenvalue weighted by molar-refractivity contribution is 14.1. The average Bonchev–Trinajstić information content (AvgIpc) is 1.61. The maximum absolute atomic E-state index is 6.87. The van der Waals surface area contributed by atoms with Crippen molar-refractivity contribution in [2.24, 2.45) is 0 Å². The summed E-state index contributed by atoms with van der Waals surface area (Å²) in [4.78, 5) is 0. The summed E-state index contributed by atoms with van der Waals surface area (Å²) in [5.74, 6) is 0. The van der Waals surface area contributed by atoms with E-state index < -0.39 is 0 Å². The smallest absolute Gasteiger partial charge is 0.0555 e. The molecule has 0 unspecified atom stereocenters. The molecule has 0 fully saturated rings. The summed E-state index contributed by atoms with van der Waals surface area (Å²) in [6.07, 6.45) is 3.40. The SMILES string of the molecule is CC(=N)/C=C\NI. The van der Waals surface area contributed by atoms with Crippen molar-refractivity contribution < 1.29 is 0 Å². The van der Waals surface area contributed by atoms with Gasteiger partial charge in [0.1, 0.15) is 0 Å². The maximum atomic E-state index is 6.87. The Labute approximate surface area is 57.0 Å². The van der Waals surface area contributed by atoms with Gasteiger partial charge in [-0.2, -0.15) is 0 Å². The number of rotatable bonds is 2. The highest BCUT2D eigenvalue weighted by atomic mass is 127. The molecule has 0 radical (unpaired) electrons. The average molecular weight is 210 g/mol. The van der Waals surface area contributed by atoms with Crippen molar-refractivity contribution >= 4 is 28.6 Å². The van der Waals surface area contributed by atoms with Gasteiger partial charge >= 0.3 is 0 Å². The van der Waals surface area contributed by atoms with Crippen LogP contribution >= 0.6 is 22.9 Å². The molecule has 0 rings (SSSR count). The fourth-order valence-corrected chi connectivity index (χ4v) is 0.336. The molecule has 0 aromatic rings. The molecule has 0 heterocycles. The summed E-state index contributed by atoms with van der Waals surface area (Å²) in [5, 5.41) is 6.87. The molecule has 40 valence electrons. The lowest BCUT2D eigenvalue weighted by Crippen LogP contribution is -1.84. The van der Waals surface area contributed by atoms with Gasteiger partial charge in [0.2, 0.25) is 0 Å². The Morgan fingerprint density at radius 1 is 1.86 bits per heavy atom. The third-order valence-electron chi connectivity index (χ3n) is 0.396. The van der Waals surface area contributed by atoms with Crippen molar-refractivity contribution in [1.82, 2.24) is 3.53 Å². The van der Waals surface area contributed by atoms with E-state index in [0.717, 1.165) is 0 Å². The van der Waals surface area contributed by atoms with Crippen molar-refractivity contribution in [2.45, 2.75) is 6.92 Å². The molecule has 2 N–H and O–H groups in total. The first-order valence-corrected chi connectivity index (χ1v) is 2.93. The molecule has 0 bridgehead atoms. The zero-order chi connectivity index (χ0) is 5.70. The molecular formula is C4H7IN2. The first kappa shape index (κ1) is 6.94. The summed E-state index contributed by atoms with van der Waals surface area (Å²) in [7, 11) is 0. The zero-order valence-electron chi connectivity index (χ0n) is 4.03. The van der Waals surface area contributed by atoms with Gasteiger partial charge in [0, 0.05) is 11.9 Å². The van der Waals surface area contributed by atoms with Crippen LogP contribution in [0.5, 0.6) is 0 Å². The monoisotopic (exact) mass is 210 g/mol. The van der Waals surface area contributed by atoms with Gasteiger partial charge in [-0.15, -0.1) is 0 Å². The molecule has 0 saturated carbocycles. The minimum absolute atomic E-state index is 0.559. The van der Waals surface area contributed by atoms with Crippen LogP contribution in [-0.2, 0) is 0 Å². The summed E-state index contributed by atoms with van der Waals surface area (Å²) in [6, 6.07) is 0. The lowest BCUT2D eigenvalue weighted by Gasteiger charge is -1.80. The number of nitrogens with one attached hydrogen (secondary N) is 2. The van der Waals surface area contributed by atoms with Crippen LogP contribution in [0.3, 0.4) is 0 Å². The Hall–Kier alpha value is -0.0600. The maximum Gasteiger partial charge on any atom is 0.0555 e. The van der Waals surface area contributed by atoms with E-state index >= 15 is 0 Å². The predicted octanol–water partition coefficient (Wildman–Crippen LogP) is 1.48. The second kappa shape index (κ2) is 4.11. The molecule has 0 saturated heterocycles. The Balaban J connectivity index is 3.26. The Morgan fingerprint density at radius 2 is 2.43 bits per heavy atom. The fraction of sp³-hybridized carbons (Fsp3) is 0.250. The standard InChI is InChI=1S/C4H7IN2/c1-4(6)2-3-7-5/h2-3,6-7H,1H3/b3-2-,6-4?. The van der Waals surface area contributed by atoms with Crippen LogP contribution in [0.25, 0.3) is 0 Å². The summed E-state index contributed by atoms with van der Waals surface area (Å²) >= 11 is 1.99. The zero-order valence-corrected chi connectivity index (χ0v) is 6.19. The van der Waals surface area contributed by atoms with E-state index in [0.29, 0.717) is 5.71 Å². The predicted molar refractivity (Wildman–Crippen MR) is 39.7 cm³/mol. The lowest BCUT2D eigenvalue weighted by molar-refractivity contribution is 1.45. The van der Waals surface area contributed by atoms with Crippen molar-refractivity contribution in [1.29, 1.82) is 5.41 Å². The largest absolute Gasteiger partial charge is 0.335 e. The molecule has 7 heavy (non-hydrogen) atoms. The van der Waals surface area contributed by atoms with E-state index in [4.69, 9.17) is 5.41 Å². The van der Waals surface area contributed by atoms with Crippen LogP contribution in [0.15, 0.2) is 12.3 Å². The molecule has 0 aromatic heterocycles. The molecule has 0 aliphatic rings. The lowest BCUT2D eigenvalue weighted by atomic mass is 10.4. The second-order valence-electron chi connectivity index (χ2n) is 1.13. The van der Waals surface area contributed by atoms with Gasteiger partial charge in [-0.3, -0.25) is 0 Å². The van der Waals surface area contributed by atoms with Gasteiger partial charge in [0.25, 0.3) is 0 Å². The van der Waals surface area contributed by atoms with E-state index in [1.165, 1.54) is 0 Å². The van der Waals surface area contributed by atoms with Gasteiger partial charge in [0.05, 0.1) is 22.9 Å². The van der Waals surface area contributed by atoms with Gasteiger partial charge in [-0.1, -0.05) is 0 Å². The van der Waals surface area contributed by atoms with E-state index in [1.54, 1.807) is 19.2 Å². The summed E-state index contributed by atoms with van der Waals surface area (Å²) < 4.78 is 2.75. The van der Waals surface area contributed by atoms with Crippen LogP contribution < -0.4 is 3.53 Å². The molecule has 0 aliphatic carbocycles. The number of allylic oxidation sites excluding steroid dienone is 1. The third kappa shape index (κ3) is 5.94. The third-order valence-corrected chi connectivity index (χ3v) is 0.756. The molecular weight excluding hydrogens is 203 g/mol. The molecule has 0 amide bonds. The number of hydrogen-bond acceptors (Lipinski definition) is 2. The van der Waals surface area contributed by atoms with Crippen LogP contribution in [0.4, 0.5) is 0 Å². The highest BCUT2D eigenvalue weighted by Gasteiger charge is 1.70. The molecule has 0 aromatic carbocycles. The van der Waals surface area contributed by atoms with Crippen LogP contribution in [0.2, 0.25) is 0 Å². The van der Waals surface area contributed by atoms with Gasteiger partial charge < -0.3 is 8.94 Å². The van der Waals surface area contributed by atoms with Crippen molar-refractivity contribution in [3.8, 4) is 0 Å². The molecule has 3 heteroatoms. The summed E-state index contributed by atoms with van der Waals surface area (Å²) in [5.41, 5.74) is 0.559. The topological polar surface area (TPSA) is 35.9 Å². The first-order chi connectivity index (χ1) is 3.27. The molecule has 0 spiro atoms. The Bertz CT molecular complexity index is 87.7. The van der Waals surface area contributed by atoms with Gasteiger partial charge in [-0.25, -0.2) is 0 Å². The molecule has 0 aliphatic heterocycles. The first-order valence-electron chi connectivity index (χ1n) is 1.85. The normalized spacial score (nSPS) is 9.43. The van der Waals surface area contributed by atoms with Gasteiger partial charge in [0.15, 0.2) is 0 Å². The second-order valence-corrected chi connectivity index (χ2v) is 1.75. The summed E-state index contributed by atoms with van der Waals surface area (Å²) in [6.45, 7) is 1.73. The fourth-order valence-electron chi connectivity index (χ4n) is 0.156. The highest BCUT2D eigenvalue weighted by Crippen LogP contribution is 1.73. The Morgan fingerprint density at radius 3 is 2.57 bits per heavy atom. The number of halogens is 1. The van der Waals surface area contributed by atoms with Crippen molar-refractivity contribution in [3.63, 3.8) is 0 Å². The van der Waals surface area contributed by atoms with E-state index in [2.05, 4.69) is 3.53 Å². The van der Waals surface area contributed by atoms with Crippen molar-refractivity contribution in [3.05, 3.63) is 12.3 Å². The van der Waals surface area contributed by atoms with E-state index in [-0.39, 0.29) is 0 Å².